The lowest BCUT2D eigenvalue weighted by molar-refractivity contribution is 0.160. The van der Waals surface area contributed by atoms with Crippen molar-refractivity contribution in [2.75, 3.05) is 5.32 Å². The second-order valence-corrected chi connectivity index (χ2v) is 5.36. The van der Waals surface area contributed by atoms with Crippen molar-refractivity contribution >= 4 is 17.5 Å². The van der Waals surface area contributed by atoms with Crippen LogP contribution in [0.15, 0.2) is 41.3 Å². The number of halogens is 7. The minimum absolute atomic E-state index is 0.0534. The number of aliphatic imine (C=N–C) groups is 1. The predicted octanol–water partition coefficient (Wildman–Crippen LogP) is 4.34. The Balaban J connectivity index is 2.30. The second-order valence-electron chi connectivity index (χ2n) is 5.36. The fraction of sp³-hybridized carbons (Fsp3) is 0.176. The van der Waals surface area contributed by atoms with Crippen LogP contribution in [0.25, 0.3) is 5.57 Å². The lowest BCUT2D eigenvalue weighted by Crippen LogP contribution is -2.13. The largest absolute Gasteiger partial charge is 0.397 e. The van der Waals surface area contributed by atoms with E-state index in [0.717, 1.165) is 24.5 Å². The molecule has 2 aromatic rings. The first-order valence-corrected chi connectivity index (χ1v) is 7.61. The van der Waals surface area contributed by atoms with E-state index in [2.05, 4.69) is 15.3 Å². The number of nitrogens with zero attached hydrogens (tertiary/aromatic N) is 2. The van der Waals surface area contributed by atoms with Crippen LogP contribution in [0.5, 0.6) is 0 Å². The summed E-state index contributed by atoms with van der Waals surface area (Å²) in [7, 11) is 0. The molecule has 0 saturated heterocycles. The number of pyridine rings is 1. The molecular formula is C17H13F7N4. The van der Waals surface area contributed by atoms with Crippen LogP contribution >= 0.6 is 0 Å². The number of alkyl halides is 4. The molecule has 0 amide bonds. The van der Waals surface area contributed by atoms with Crippen LogP contribution in [-0.2, 0) is 6.54 Å². The van der Waals surface area contributed by atoms with Gasteiger partial charge in [0.25, 0.3) is 6.43 Å². The number of anilines is 1. The molecule has 150 valence electrons. The summed E-state index contributed by atoms with van der Waals surface area (Å²) in [6.45, 7) is -3.55. The predicted molar refractivity (Wildman–Crippen MR) is 89.5 cm³/mol. The lowest BCUT2D eigenvalue weighted by atomic mass is 10.0. The molecular weight excluding hydrogens is 393 g/mol. The van der Waals surface area contributed by atoms with E-state index in [1.54, 1.807) is 0 Å². The summed E-state index contributed by atoms with van der Waals surface area (Å²) in [5.41, 5.74) is 2.56. The number of hydrogen-bond donors (Lipinski definition) is 2. The number of hydrogen-bond acceptors (Lipinski definition) is 4. The standard InChI is InChI=1S/C17H13F7N4/c18-12-3-8(27-5-11-13(19)6-26-7-14(11)20)1-2-9(12)10(4-28-17(23)24)15(25)16(21)22/h1-4,6-7,16-17,27H,5,25H2/b15-10+,28-4+. The van der Waals surface area contributed by atoms with Crippen LogP contribution in [0.3, 0.4) is 0 Å². The van der Waals surface area contributed by atoms with E-state index in [1.165, 1.54) is 6.07 Å². The molecule has 1 heterocycles. The van der Waals surface area contributed by atoms with Gasteiger partial charge < -0.3 is 11.1 Å². The molecule has 0 fully saturated rings. The molecule has 0 saturated carbocycles. The summed E-state index contributed by atoms with van der Waals surface area (Å²) in [5.74, 6) is -2.91. The first kappa shape index (κ1) is 21.2. The van der Waals surface area contributed by atoms with Crippen molar-refractivity contribution in [3.05, 3.63) is 64.9 Å². The molecule has 11 heteroatoms. The molecule has 3 N–H and O–H groups in total. The average molecular weight is 406 g/mol. The normalized spacial score (nSPS) is 12.8. The molecule has 0 aliphatic heterocycles. The molecule has 2 rings (SSSR count). The third kappa shape index (κ3) is 5.21. The highest BCUT2D eigenvalue weighted by Crippen LogP contribution is 2.25. The monoisotopic (exact) mass is 406 g/mol. The van der Waals surface area contributed by atoms with Crippen LogP contribution in [0, 0.1) is 17.5 Å². The Labute approximate surface area is 154 Å². The first-order valence-electron chi connectivity index (χ1n) is 7.61. The Bertz CT molecular complexity index is 877. The second kappa shape index (κ2) is 9.20. The molecule has 0 unspecified atom stereocenters. The maximum Gasteiger partial charge on any atom is 0.331 e. The van der Waals surface area contributed by atoms with Gasteiger partial charge in [0.15, 0.2) is 0 Å². The SMILES string of the molecule is N/C(=C(\C=N\C(F)F)c1ccc(NCc2c(F)cncc2F)cc1F)C(F)F. The number of rotatable bonds is 7. The van der Waals surface area contributed by atoms with E-state index in [1.807, 2.05) is 0 Å². The van der Waals surface area contributed by atoms with Gasteiger partial charge in [-0.2, -0.15) is 8.78 Å². The first-order chi connectivity index (χ1) is 13.2. The third-order valence-corrected chi connectivity index (χ3v) is 3.54. The van der Waals surface area contributed by atoms with E-state index < -0.39 is 47.3 Å². The Hall–Kier alpha value is -3.11. The van der Waals surface area contributed by atoms with Gasteiger partial charge in [-0.1, -0.05) is 0 Å². The van der Waals surface area contributed by atoms with E-state index in [4.69, 9.17) is 5.73 Å². The van der Waals surface area contributed by atoms with Gasteiger partial charge >= 0.3 is 6.55 Å². The highest BCUT2D eigenvalue weighted by atomic mass is 19.3. The summed E-state index contributed by atoms with van der Waals surface area (Å²) in [6, 6.07) is 3.03. The maximum absolute atomic E-state index is 14.4. The minimum atomic E-state index is -3.23. The molecule has 0 spiro atoms. The Morgan fingerprint density at radius 2 is 1.71 bits per heavy atom. The van der Waals surface area contributed by atoms with Crippen molar-refractivity contribution in [2.45, 2.75) is 19.5 Å². The van der Waals surface area contributed by atoms with E-state index in [9.17, 15) is 30.7 Å². The van der Waals surface area contributed by atoms with Crippen molar-refractivity contribution in [3.63, 3.8) is 0 Å². The maximum atomic E-state index is 14.4. The molecule has 1 aromatic heterocycles. The summed E-state index contributed by atoms with van der Waals surface area (Å²) in [4.78, 5) is 5.99. The zero-order chi connectivity index (χ0) is 20.8. The fourth-order valence-corrected chi connectivity index (χ4v) is 2.19. The molecule has 0 aliphatic carbocycles. The lowest BCUT2D eigenvalue weighted by Gasteiger charge is -2.12. The molecule has 0 radical (unpaired) electrons. The van der Waals surface area contributed by atoms with Gasteiger partial charge in [-0.15, -0.1) is 0 Å². The van der Waals surface area contributed by atoms with Gasteiger partial charge in [0, 0.05) is 35.1 Å². The van der Waals surface area contributed by atoms with Gasteiger partial charge in [0.1, 0.15) is 17.5 Å². The van der Waals surface area contributed by atoms with Gasteiger partial charge in [-0.3, -0.25) is 4.98 Å². The van der Waals surface area contributed by atoms with E-state index in [-0.39, 0.29) is 17.8 Å². The van der Waals surface area contributed by atoms with Crippen molar-refractivity contribution in [1.29, 1.82) is 0 Å². The average Bonchev–Trinajstić information content (AvgIpc) is 2.62. The highest BCUT2D eigenvalue weighted by molar-refractivity contribution is 6.11. The van der Waals surface area contributed by atoms with Gasteiger partial charge in [0.05, 0.1) is 18.1 Å². The van der Waals surface area contributed by atoms with Crippen LogP contribution in [-0.4, -0.2) is 24.2 Å². The van der Waals surface area contributed by atoms with Crippen molar-refractivity contribution < 1.29 is 30.7 Å². The summed E-state index contributed by atoms with van der Waals surface area (Å²) < 4.78 is 91.6. The number of nitrogens with two attached hydrogens (primary N) is 1. The van der Waals surface area contributed by atoms with Crippen molar-refractivity contribution in [2.24, 2.45) is 10.7 Å². The summed E-state index contributed by atoms with van der Waals surface area (Å²) >= 11 is 0. The number of benzene rings is 1. The molecule has 28 heavy (non-hydrogen) atoms. The van der Waals surface area contributed by atoms with E-state index in [0.29, 0.717) is 6.21 Å². The van der Waals surface area contributed by atoms with Gasteiger partial charge in [-0.25, -0.2) is 26.9 Å². The Morgan fingerprint density at radius 1 is 1.07 bits per heavy atom. The zero-order valence-electron chi connectivity index (χ0n) is 13.9. The molecule has 0 atom stereocenters. The Morgan fingerprint density at radius 3 is 2.25 bits per heavy atom. The Kier molecular flexibility index (Phi) is 6.96. The van der Waals surface area contributed by atoms with Crippen LogP contribution in [0.4, 0.5) is 36.4 Å². The van der Waals surface area contributed by atoms with Crippen LogP contribution in [0.2, 0.25) is 0 Å². The molecule has 1 aromatic carbocycles. The number of aromatic nitrogens is 1. The van der Waals surface area contributed by atoms with Gasteiger partial charge in [-0.05, 0) is 18.2 Å². The highest BCUT2D eigenvalue weighted by Gasteiger charge is 2.18. The summed E-state index contributed by atoms with van der Waals surface area (Å²) in [5, 5.41) is 2.55. The quantitative estimate of drug-likeness (QED) is 0.409. The molecule has 0 aliphatic rings. The number of allylic oxidation sites excluding steroid dienone is 2. The third-order valence-electron chi connectivity index (χ3n) is 3.54. The molecule has 4 nitrogen and oxygen atoms in total. The van der Waals surface area contributed by atoms with Crippen molar-refractivity contribution in [3.8, 4) is 0 Å². The van der Waals surface area contributed by atoms with Crippen LogP contribution < -0.4 is 11.1 Å². The van der Waals surface area contributed by atoms with Crippen LogP contribution in [0.1, 0.15) is 11.1 Å². The molecule has 0 bridgehead atoms. The zero-order valence-corrected chi connectivity index (χ0v) is 13.9. The minimum Gasteiger partial charge on any atom is -0.397 e. The van der Waals surface area contributed by atoms with E-state index >= 15 is 0 Å². The van der Waals surface area contributed by atoms with Gasteiger partial charge in [0.2, 0.25) is 0 Å². The fourth-order valence-electron chi connectivity index (χ4n) is 2.19. The van der Waals surface area contributed by atoms with Crippen molar-refractivity contribution in [1.82, 2.24) is 4.98 Å². The number of nitrogens with one attached hydrogen (secondary N) is 1. The smallest absolute Gasteiger partial charge is 0.331 e. The topological polar surface area (TPSA) is 63.3 Å². The summed E-state index contributed by atoms with van der Waals surface area (Å²) in [6.07, 6.45) is -1.26.